The number of rotatable bonds is 4. The molecule has 0 radical (unpaired) electrons. The lowest BCUT2D eigenvalue weighted by molar-refractivity contribution is -0.136. The lowest BCUT2D eigenvalue weighted by Gasteiger charge is -2.30. The first-order valence-corrected chi connectivity index (χ1v) is 9.66. The summed E-state index contributed by atoms with van der Waals surface area (Å²) in [5.41, 5.74) is 1.88. The largest absolute Gasteiger partial charge is 0.348 e. The van der Waals surface area contributed by atoms with Crippen molar-refractivity contribution >= 4 is 33.4 Å². The summed E-state index contributed by atoms with van der Waals surface area (Å²) < 4.78 is 0. The third-order valence-electron chi connectivity index (χ3n) is 5.54. The number of aromatic nitrogens is 2. The third-order valence-corrected chi connectivity index (χ3v) is 5.54. The number of H-pyrrole nitrogens is 1. The minimum absolute atomic E-state index is 0.161. The minimum atomic E-state index is -0.602. The zero-order valence-corrected chi connectivity index (χ0v) is 15.7. The highest BCUT2D eigenvalue weighted by Crippen LogP contribution is 2.29. The maximum absolute atomic E-state index is 12.8. The molecule has 0 saturated carbocycles. The van der Waals surface area contributed by atoms with Crippen LogP contribution < -0.4 is 10.6 Å². The summed E-state index contributed by atoms with van der Waals surface area (Å²) in [5, 5.41) is 10.3. The van der Waals surface area contributed by atoms with Gasteiger partial charge in [-0.15, -0.1) is 0 Å². The van der Waals surface area contributed by atoms with Crippen LogP contribution in [0.15, 0.2) is 67.1 Å². The fourth-order valence-corrected chi connectivity index (χ4v) is 4.11. The molecule has 144 valence electrons. The summed E-state index contributed by atoms with van der Waals surface area (Å²) >= 11 is 0. The maximum atomic E-state index is 12.8. The number of hydrogen-bond acceptors (Lipinski definition) is 3. The monoisotopic (exact) mass is 384 g/mol. The molecule has 4 aromatic rings. The van der Waals surface area contributed by atoms with Crippen LogP contribution in [-0.2, 0) is 22.4 Å². The molecule has 1 aromatic heterocycles. The van der Waals surface area contributed by atoms with Crippen LogP contribution in [0.5, 0.6) is 0 Å². The van der Waals surface area contributed by atoms with E-state index >= 15 is 0 Å². The van der Waals surface area contributed by atoms with E-state index in [1.165, 1.54) is 0 Å². The van der Waals surface area contributed by atoms with Gasteiger partial charge < -0.3 is 15.6 Å². The van der Waals surface area contributed by atoms with Crippen molar-refractivity contribution in [3.8, 4) is 0 Å². The summed E-state index contributed by atoms with van der Waals surface area (Å²) in [6.07, 6.45) is 4.05. The number of nitrogens with one attached hydrogen (secondary N) is 3. The summed E-state index contributed by atoms with van der Waals surface area (Å²) in [6.45, 7) is 0. The zero-order chi connectivity index (χ0) is 19.8. The van der Waals surface area contributed by atoms with Crippen molar-refractivity contribution < 1.29 is 9.59 Å². The van der Waals surface area contributed by atoms with Gasteiger partial charge in [0, 0.05) is 24.7 Å². The molecule has 1 aliphatic rings. The Hall–Kier alpha value is -3.67. The van der Waals surface area contributed by atoms with Crippen molar-refractivity contribution in [3.63, 3.8) is 0 Å². The quantitative estimate of drug-likeness (QED) is 0.473. The summed E-state index contributed by atoms with van der Waals surface area (Å²) in [7, 11) is 0. The zero-order valence-electron chi connectivity index (χ0n) is 15.7. The fourth-order valence-electron chi connectivity index (χ4n) is 4.11. The van der Waals surface area contributed by atoms with E-state index in [2.05, 4.69) is 50.9 Å². The minimum Gasteiger partial charge on any atom is -0.348 e. The number of carbonyl (C=O) groups is 2. The normalized spacial score (nSPS) is 19.3. The fraction of sp³-hybridized carbons (Fsp3) is 0.174. The SMILES string of the molecule is O=C1N[C@@H](Cc2c3ccccc3cc3ccccc23)C(=O)N[C@H]1Cc1cnc[nH]1. The molecule has 1 fully saturated rings. The predicted molar refractivity (Wildman–Crippen MR) is 111 cm³/mol. The van der Waals surface area contributed by atoms with Gasteiger partial charge in [0.15, 0.2) is 0 Å². The third kappa shape index (κ3) is 3.23. The second kappa shape index (κ2) is 7.05. The van der Waals surface area contributed by atoms with E-state index in [9.17, 15) is 9.59 Å². The van der Waals surface area contributed by atoms with E-state index in [0.717, 1.165) is 32.8 Å². The van der Waals surface area contributed by atoms with Crippen LogP contribution in [0.1, 0.15) is 11.3 Å². The van der Waals surface area contributed by atoms with Gasteiger partial charge in [-0.05, 0) is 33.2 Å². The molecule has 5 rings (SSSR count). The number of benzene rings is 3. The Morgan fingerprint density at radius 3 is 1.97 bits per heavy atom. The van der Waals surface area contributed by atoms with Gasteiger partial charge in [-0.25, -0.2) is 4.98 Å². The van der Waals surface area contributed by atoms with Gasteiger partial charge in [-0.3, -0.25) is 9.59 Å². The number of hydrogen-bond donors (Lipinski definition) is 3. The van der Waals surface area contributed by atoms with Crippen LogP contribution in [0.4, 0.5) is 0 Å². The predicted octanol–water partition coefficient (Wildman–Crippen LogP) is 2.48. The molecule has 2 amide bonds. The van der Waals surface area contributed by atoms with Crippen molar-refractivity contribution in [1.82, 2.24) is 20.6 Å². The Morgan fingerprint density at radius 2 is 1.38 bits per heavy atom. The molecule has 6 heteroatoms. The first kappa shape index (κ1) is 17.4. The number of amides is 2. The second-order valence-electron chi connectivity index (χ2n) is 7.40. The summed E-state index contributed by atoms with van der Waals surface area (Å²) in [6, 6.07) is 17.3. The van der Waals surface area contributed by atoms with Crippen LogP contribution in [0.2, 0.25) is 0 Å². The Kier molecular flexibility index (Phi) is 4.24. The van der Waals surface area contributed by atoms with E-state index in [1.807, 2.05) is 24.3 Å². The average Bonchev–Trinajstić information content (AvgIpc) is 3.24. The number of piperazine rings is 1. The molecule has 1 aliphatic heterocycles. The standard InChI is InChI=1S/C23H20N4O2/c28-22-20(10-16-12-24-13-25-16)26-23(29)21(27-22)11-19-17-7-3-1-5-14(17)9-15-6-2-4-8-18(15)19/h1-9,12-13,20-21H,10-11H2,(H,24,25)(H,26,29)(H,27,28)/t20-,21-/m0/s1. The molecular formula is C23H20N4O2. The topological polar surface area (TPSA) is 86.9 Å². The summed E-state index contributed by atoms with van der Waals surface area (Å²) in [4.78, 5) is 32.4. The molecule has 3 N–H and O–H groups in total. The van der Waals surface area contributed by atoms with Gasteiger partial charge in [-0.2, -0.15) is 0 Å². The molecule has 1 saturated heterocycles. The second-order valence-corrected chi connectivity index (χ2v) is 7.40. The highest BCUT2D eigenvalue weighted by molar-refractivity contribution is 6.03. The average molecular weight is 384 g/mol. The number of imidazole rings is 1. The highest BCUT2D eigenvalue weighted by Gasteiger charge is 2.34. The lowest BCUT2D eigenvalue weighted by Crippen LogP contribution is -2.62. The van der Waals surface area contributed by atoms with Gasteiger partial charge in [0.05, 0.1) is 6.33 Å². The van der Waals surface area contributed by atoms with Gasteiger partial charge in [0.2, 0.25) is 11.8 Å². The molecule has 0 spiro atoms. The maximum Gasteiger partial charge on any atom is 0.243 e. The Bertz CT molecular complexity index is 1160. The number of nitrogens with zero attached hydrogens (tertiary/aromatic N) is 1. The molecule has 29 heavy (non-hydrogen) atoms. The van der Waals surface area contributed by atoms with Crippen molar-refractivity contribution in [2.75, 3.05) is 0 Å². The van der Waals surface area contributed by atoms with Crippen LogP contribution in [0.3, 0.4) is 0 Å². The van der Waals surface area contributed by atoms with Crippen LogP contribution in [0, 0.1) is 0 Å². The molecule has 2 atom stereocenters. The van der Waals surface area contributed by atoms with Crippen molar-refractivity contribution in [1.29, 1.82) is 0 Å². The Labute approximate surface area is 167 Å². The first-order chi connectivity index (χ1) is 14.2. The van der Waals surface area contributed by atoms with Crippen LogP contribution in [-0.4, -0.2) is 33.9 Å². The van der Waals surface area contributed by atoms with E-state index in [0.29, 0.717) is 12.8 Å². The van der Waals surface area contributed by atoms with Crippen molar-refractivity contribution in [3.05, 3.63) is 78.4 Å². The Balaban J connectivity index is 1.46. The van der Waals surface area contributed by atoms with E-state index in [-0.39, 0.29) is 11.8 Å². The molecule has 0 aliphatic carbocycles. The molecule has 6 nitrogen and oxygen atoms in total. The first-order valence-electron chi connectivity index (χ1n) is 9.66. The molecule has 0 bridgehead atoms. The van der Waals surface area contributed by atoms with Gasteiger partial charge in [0.25, 0.3) is 0 Å². The van der Waals surface area contributed by atoms with E-state index < -0.39 is 12.1 Å². The van der Waals surface area contributed by atoms with E-state index in [4.69, 9.17) is 0 Å². The highest BCUT2D eigenvalue weighted by atomic mass is 16.2. The smallest absolute Gasteiger partial charge is 0.243 e. The summed E-state index contributed by atoms with van der Waals surface area (Å²) in [5.74, 6) is -0.333. The van der Waals surface area contributed by atoms with Crippen LogP contribution >= 0.6 is 0 Å². The number of carbonyl (C=O) groups excluding carboxylic acids is 2. The van der Waals surface area contributed by atoms with Crippen LogP contribution in [0.25, 0.3) is 21.5 Å². The van der Waals surface area contributed by atoms with Gasteiger partial charge >= 0.3 is 0 Å². The molecule has 3 aromatic carbocycles. The lowest BCUT2D eigenvalue weighted by atomic mass is 9.91. The van der Waals surface area contributed by atoms with Gasteiger partial charge in [-0.1, -0.05) is 48.5 Å². The number of fused-ring (bicyclic) bond motifs is 2. The number of aromatic amines is 1. The molecule has 0 unspecified atom stereocenters. The molecule has 2 heterocycles. The van der Waals surface area contributed by atoms with E-state index in [1.54, 1.807) is 12.5 Å². The van der Waals surface area contributed by atoms with Crippen molar-refractivity contribution in [2.24, 2.45) is 0 Å². The Morgan fingerprint density at radius 1 is 0.793 bits per heavy atom. The molecular weight excluding hydrogens is 364 g/mol. The van der Waals surface area contributed by atoms with Gasteiger partial charge in [0.1, 0.15) is 12.1 Å². The van der Waals surface area contributed by atoms with Crippen molar-refractivity contribution in [2.45, 2.75) is 24.9 Å².